The summed E-state index contributed by atoms with van der Waals surface area (Å²) in [6, 6.07) is 5.85. The first kappa shape index (κ1) is 18.2. The van der Waals surface area contributed by atoms with E-state index in [0.29, 0.717) is 32.1 Å². The number of nitrogens with zero attached hydrogens (tertiary/aromatic N) is 2. The van der Waals surface area contributed by atoms with Gasteiger partial charge in [-0.15, -0.1) is 0 Å². The minimum absolute atomic E-state index is 0.106. The number of pyridine rings is 1. The van der Waals surface area contributed by atoms with Gasteiger partial charge in [-0.1, -0.05) is 0 Å². The Kier molecular flexibility index (Phi) is 5.75. The van der Waals surface area contributed by atoms with Crippen LogP contribution in [0.3, 0.4) is 0 Å². The highest BCUT2D eigenvalue weighted by molar-refractivity contribution is 5.93. The van der Waals surface area contributed by atoms with Crippen LogP contribution in [0, 0.1) is 11.6 Å². The molecule has 0 aliphatic carbocycles. The number of hydrogen-bond donors (Lipinski definition) is 1. The van der Waals surface area contributed by atoms with Crippen LogP contribution in [0.5, 0.6) is 11.5 Å². The van der Waals surface area contributed by atoms with Crippen molar-refractivity contribution in [2.45, 2.75) is 13.0 Å². The second-order valence-electron chi connectivity index (χ2n) is 5.87. The molecule has 2 heterocycles. The number of amides is 1. The van der Waals surface area contributed by atoms with Crippen LogP contribution in [0.1, 0.15) is 6.92 Å². The van der Waals surface area contributed by atoms with Crippen molar-refractivity contribution >= 4 is 11.7 Å². The van der Waals surface area contributed by atoms with Gasteiger partial charge in [0.15, 0.2) is 11.6 Å². The minimum atomic E-state index is -0.804. The molecule has 1 aliphatic heterocycles. The second kappa shape index (κ2) is 8.20. The van der Waals surface area contributed by atoms with E-state index in [4.69, 9.17) is 9.47 Å². The first-order valence-electron chi connectivity index (χ1n) is 8.24. The van der Waals surface area contributed by atoms with Crippen molar-refractivity contribution in [1.82, 2.24) is 9.88 Å². The summed E-state index contributed by atoms with van der Waals surface area (Å²) >= 11 is 0. The summed E-state index contributed by atoms with van der Waals surface area (Å²) in [7, 11) is 0. The predicted octanol–water partition coefficient (Wildman–Crippen LogP) is 2.81. The lowest BCUT2D eigenvalue weighted by atomic mass is 10.2. The summed E-state index contributed by atoms with van der Waals surface area (Å²) in [6.07, 6.45) is 1.36. The molecule has 0 bridgehead atoms. The Bertz CT molecular complexity index is 765. The average Bonchev–Trinajstić information content (AvgIpc) is 2.65. The van der Waals surface area contributed by atoms with E-state index in [0.717, 1.165) is 12.1 Å². The lowest BCUT2D eigenvalue weighted by Gasteiger charge is -2.31. The quantitative estimate of drug-likeness (QED) is 0.885. The molecule has 1 saturated heterocycles. The zero-order valence-electron chi connectivity index (χ0n) is 14.2. The molecule has 1 amide bonds. The number of anilines is 1. The Morgan fingerprint density at radius 1 is 1.27 bits per heavy atom. The van der Waals surface area contributed by atoms with Gasteiger partial charge in [-0.05, 0) is 31.2 Å². The number of rotatable bonds is 5. The molecule has 1 aromatic heterocycles. The number of carbonyl (C=O) groups excluding carboxylic acids is 1. The summed E-state index contributed by atoms with van der Waals surface area (Å²) in [5, 5.41) is 2.74. The molecule has 1 aliphatic rings. The molecule has 8 heteroatoms. The van der Waals surface area contributed by atoms with E-state index in [1.807, 2.05) is 11.8 Å². The van der Waals surface area contributed by atoms with Gasteiger partial charge in [0.1, 0.15) is 17.4 Å². The van der Waals surface area contributed by atoms with Gasteiger partial charge in [-0.3, -0.25) is 9.69 Å². The van der Waals surface area contributed by atoms with Gasteiger partial charge in [-0.2, -0.15) is 0 Å². The van der Waals surface area contributed by atoms with E-state index in [2.05, 4.69) is 10.3 Å². The minimum Gasteiger partial charge on any atom is -0.453 e. The SMILES string of the molecule is C[C@@H](C(=O)Nc1ccc(Oc2ccc(F)cc2F)cn1)N1CCOCC1. The fourth-order valence-corrected chi connectivity index (χ4v) is 2.56. The molecule has 0 saturated carbocycles. The van der Waals surface area contributed by atoms with Crippen LogP contribution < -0.4 is 10.1 Å². The molecule has 0 radical (unpaired) electrons. The molecule has 2 aromatic rings. The number of carbonyl (C=O) groups is 1. The van der Waals surface area contributed by atoms with E-state index in [-0.39, 0.29) is 23.4 Å². The van der Waals surface area contributed by atoms with Gasteiger partial charge in [0.2, 0.25) is 5.91 Å². The third-order valence-corrected chi connectivity index (χ3v) is 4.08. The number of benzene rings is 1. The Hall–Kier alpha value is -2.58. The molecular weight excluding hydrogens is 344 g/mol. The van der Waals surface area contributed by atoms with E-state index in [9.17, 15) is 13.6 Å². The summed E-state index contributed by atoms with van der Waals surface area (Å²) in [5.74, 6) is -1.12. The van der Waals surface area contributed by atoms with Crippen LogP contribution in [0.25, 0.3) is 0 Å². The monoisotopic (exact) mass is 363 g/mol. The van der Waals surface area contributed by atoms with E-state index < -0.39 is 11.6 Å². The zero-order chi connectivity index (χ0) is 18.5. The maximum atomic E-state index is 13.6. The van der Waals surface area contributed by atoms with Gasteiger partial charge < -0.3 is 14.8 Å². The Balaban J connectivity index is 1.59. The van der Waals surface area contributed by atoms with E-state index in [1.165, 1.54) is 12.3 Å². The number of morpholine rings is 1. The largest absolute Gasteiger partial charge is 0.453 e. The Labute approximate surface area is 149 Å². The van der Waals surface area contributed by atoms with Crippen molar-refractivity contribution in [2.75, 3.05) is 31.6 Å². The van der Waals surface area contributed by atoms with Crippen molar-refractivity contribution in [3.8, 4) is 11.5 Å². The standard InChI is InChI=1S/C18H19F2N3O3/c1-12(23-6-8-25-9-7-23)18(24)22-17-5-3-14(11-21-17)26-16-4-2-13(19)10-15(16)20/h2-5,10-12H,6-9H2,1H3,(H,21,22,24)/t12-/m0/s1. The fraction of sp³-hybridized carbons (Fsp3) is 0.333. The van der Waals surface area contributed by atoms with Crippen molar-refractivity contribution in [1.29, 1.82) is 0 Å². The van der Waals surface area contributed by atoms with Crippen molar-refractivity contribution in [2.24, 2.45) is 0 Å². The van der Waals surface area contributed by atoms with Gasteiger partial charge >= 0.3 is 0 Å². The molecule has 1 aromatic carbocycles. The number of ether oxygens (including phenoxy) is 2. The van der Waals surface area contributed by atoms with Crippen molar-refractivity contribution in [3.63, 3.8) is 0 Å². The molecule has 3 rings (SSSR count). The van der Waals surface area contributed by atoms with E-state index in [1.54, 1.807) is 12.1 Å². The maximum Gasteiger partial charge on any atom is 0.242 e. The first-order valence-corrected chi connectivity index (χ1v) is 8.24. The number of aromatic nitrogens is 1. The lowest BCUT2D eigenvalue weighted by molar-refractivity contribution is -0.122. The Morgan fingerprint density at radius 2 is 2.04 bits per heavy atom. The molecule has 26 heavy (non-hydrogen) atoms. The molecule has 0 unspecified atom stereocenters. The van der Waals surface area contributed by atoms with Crippen LogP contribution in [-0.2, 0) is 9.53 Å². The third kappa shape index (κ3) is 4.53. The number of nitrogens with one attached hydrogen (secondary N) is 1. The van der Waals surface area contributed by atoms with Crippen LogP contribution in [-0.4, -0.2) is 48.1 Å². The van der Waals surface area contributed by atoms with Crippen LogP contribution in [0.15, 0.2) is 36.5 Å². The predicted molar refractivity (Wildman–Crippen MR) is 91.2 cm³/mol. The van der Waals surface area contributed by atoms with Crippen molar-refractivity contribution < 1.29 is 23.0 Å². The molecular formula is C18H19F2N3O3. The highest BCUT2D eigenvalue weighted by Crippen LogP contribution is 2.25. The van der Waals surface area contributed by atoms with Crippen LogP contribution in [0.4, 0.5) is 14.6 Å². The maximum absolute atomic E-state index is 13.6. The second-order valence-corrected chi connectivity index (χ2v) is 5.87. The summed E-state index contributed by atoms with van der Waals surface area (Å²) in [4.78, 5) is 18.4. The third-order valence-electron chi connectivity index (χ3n) is 4.08. The Morgan fingerprint density at radius 3 is 2.69 bits per heavy atom. The number of halogens is 2. The van der Waals surface area contributed by atoms with Gasteiger partial charge in [0.25, 0.3) is 0 Å². The van der Waals surface area contributed by atoms with E-state index >= 15 is 0 Å². The van der Waals surface area contributed by atoms with Crippen molar-refractivity contribution in [3.05, 3.63) is 48.2 Å². The van der Waals surface area contributed by atoms with Crippen LogP contribution >= 0.6 is 0 Å². The topological polar surface area (TPSA) is 63.7 Å². The smallest absolute Gasteiger partial charge is 0.242 e. The molecule has 138 valence electrons. The first-order chi connectivity index (χ1) is 12.5. The molecule has 0 spiro atoms. The highest BCUT2D eigenvalue weighted by Gasteiger charge is 2.23. The van der Waals surface area contributed by atoms with Gasteiger partial charge in [-0.25, -0.2) is 13.8 Å². The van der Waals surface area contributed by atoms with Crippen LogP contribution in [0.2, 0.25) is 0 Å². The lowest BCUT2D eigenvalue weighted by Crippen LogP contribution is -2.47. The fourth-order valence-electron chi connectivity index (χ4n) is 2.56. The summed E-state index contributed by atoms with van der Waals surface area (Å²) in [5.41, 5.74) is 0. The normalized spacial score (nSPS) is 16.1. The van der Waals surface area contributed by atoms with Gasteiger partial charge in [0, 0.05) is 19.2 Å². The molecule has 1 fully saturated rings. The summed E-state index contributed by atoms with van der Waals surface area (Å²) in [6.45, 7) is 4.47. The number of hydrogen-bond acceptors (Lipinski definition) is 5. The zero-order valence-corrected chi connectivity index (χ0v) is 14.2. The highest BCUT2D eigenvalue weighted by atomic mass is 19.1. The average molecular weight is 363 g/mol. The molecule has 1 atom stereocenters. The summed E-state index contributed by atoms with van der Waals surface area (Å²) < 4.78 is 37.1. The van der Waals surface area contributed by atoms with Gasteiger partial charge in [0.05, 0.1) is 25.5 Å². The molecule has 6 nitrogen and oxygen atoms in total. The molecule has 1 N–H and O–H groups in total.